The van der Waals surface area contributed by atoms with Gasteiger partial charge in [-0.15, -0.1) is 0 Å². The molecule has 0 fully saturated rings. The molecule has 1 atom stereocenters. The summed E-state index contributed by atoms with van der Waals surface area (Å²) in [5, 5.41) is 2.72. The summed E-state index contributed by atoms with van der Waals surface area (Å²) in [6.07, 6.45) is 0.703. The zero-order valence-electron chi connectivity index (χ0n) is 11.6. The van der Waals surface area contributed by atoms with E-state index in [0.29, 0.717) is 18.0 Å². The van der Waals surface area contributed by atoms with Crippen LogP contribution in [0.15, 0.2) is 24.3 Å². The number of benzene rings is 1. The van der Waals surface area contributed by atoms with Crippen LogP contribution in [-0.4, -0.2) is 19.1 Å². The van der Waals surface area contributed by atoms with E-state index < -0.39 is 6.61 Å². The Bertz CT molecular complexity index is 422. The van der Waals surface area contributed by atoms with Gasteiger partial charge in [0, 0.05) is 12.2 Å². The Kier molecular flexibility index (Phi) is 6.38. The summed E-state index contributed by atoms with van der Waals surface area (Å²) in [5.74, 6) is 0.00221. The second kappa shape index (κ2) is 7.79. The van der Waals surface area contributed by atoms with Crippen molar-refractivity contribution in [1.29, 1.82) is 0 Å². The predicted octanol–water partition coefficient (Wildman–Crippen LogP) is 2.85. The number of carbonyl (C=O) groups excluding carboxylic acids is 1. The molecule has 20 heavy (non-hydrogen) atoms. The number of nitrogens with two attached hydrogens (primary N) is 1. The smallest absolute Gasteiger partial charge is 0.387 e. The lowest BCUT2D eigenvalue weighted by atomic mass is 9.96. The number of nitrogens with one attached hydrogen (secondary N) is 1. The Balaban J connectivity index is 2.61. The largest absolute Gasteiger partial charge is 0.435 e. The third-order valence-corrected chi connectivity index (χ3v) is 2.76. The van der Waals surface area contributed by atoms with E-state index in [-0.39, 0.29) is 24.1 Å². The molecular weight excluding hydrogens is 266 g/mol. The van der Waals surface area contributed by atoms with E-state index in [9.17, 15) is 13.6 Å². The third-order valence-electron chi connectivity index (χ3n) is 2.76. The number of hydrogen-bond acceptors (Lipinski definition) is 3. The first-order valence-electron chi connectivity index (χ1n) is 6.48. The normalized spacial score (nSPS) is 12.6. The van der Waals surface area contributed by atoms with Gasteiger partial charge in [-0.1, -0.05) is 13.8 Å². The Hall–Kier alpha value is -1.69. The Morgan fingerprint density at radius 2 is 1.90 bits per heavy atom. The minimum atomic E-state index is -2.86. The number of anilines is 1. The lowest BCUT2D eigenvalue weighted by Gasteiger charge is -2.17. The van der Waals surface area contributed by atoms with Crippen molar-refractivity contribution in [2.24, 2.45) is 17.6 Å². The van der Waals surface area contributed by atoms with Crippen molar-refractivity contribution in [1.82, 2.24) is 0 Å². The second-order valence-corrected chi connectivity index (χ2v) is 4.95. The van der Waals surface area contributed by atoms with Gasteiger partial charge in [0.15, 0.2) is 0 Å². The highest BCUT2D eigenvalue weighted by atomic mass is 19.3. The zero-order valence-corrected chi connectivity index (χ0v) is 11.6. The van der Waals surface area contributed by atoms with E-state index >= 15 is 0 Å². The van der Waals surface area contributed by atoms with Gasteiger partial charge in [-0.25, -0.2) is 0 Å². The number of rotatable bonds is 7. The average molecular weight is 286 g/mol. The van der Waals surface area contributed by atoms with Crippen LogP contribution in [0.1, 0.15) is 20.3 Å². The van der Waals surface area contributed by atoms with E-state index in [1.165, 1.54) is 24.3 Å². The number of halogens is 2. The van der Waals surface area contributed by atoms with Crippen LogP contribution < -0.4 is 15.8 Å². The monoisotopic (exact) mass is 286 g/mol. The number of carbonyl (C=O) groups is 1. The Labute approximate surface area is 117 Å². The summed E-state index contributed by atoms with van der Waals surface area (Å²) in [4.78, 5) is 12.0. The van der Waals surface area contributed by atoms with Crippen LogP contribution in [0.2, 0.25) is 0 Å². The second-order valence-electron chi connectivity index (χ2n) is 4.95. The van der Waals surface area contributed by atoms with Crippen molar-refractivity contribution in [3.05, 3.63) is 24.3 Å². The molecule has 1 aromatic rings. The summed E-state index contributed by atoms with van der Waals surface area (Å²) >= 11 is 0. The van der Waals surface area contributed by atoms with Crippen LogP contribution in [0, 0.1) is 11.8 Å². The van der Waals surface area contributed by atoms with E-state index in [1.807, 2.05) is 13.8 Å². The van der Waals surface area contributed by atoms with Crippen LogP contribution in [0.5, 0.6) is 5.75 Å². The number of amides is 1. The predicted molar refractivity (Wildman–Crippen MR) is 73.7 cm³/mol. The van der Waals surface area contributed by atoms with Gasteiger partial charge in [0.1, 0.15) is 5.75 Å². The Morgan fingerprint density at radius 1 is 1.30 bits per heavy atom. The molecule has 0 aliphatic heterocycles. The molecule has 0 radical (unpaired) electrons. The first-order chi connectivity index (χ1) is 9.42. The maximum atomic E-state index is 12.0. The molecule has 1 unspecified atom stereocenters. The highest BCUT2D eigenvalue weighted by Crippen LogP contribution is 2.19. The summed E-state index contributed by atoms with van der Waals surface area (Å²) in [5.41, 5.74) is 6.12. The van der Waals surface area contributed by atoms with Gasteiger partial charge in [-0.2, -0.15) is 8.78 Å². The minimum Gasteiger partial charge on any atom is -0.435 e. The van der Waals surface area contributed by atoms with Gasteiger partial charge in [-0.05, 0) is 36.6 Å². The van der Waals surface area contributed by atoms with E-state index in [4.69, 9.17) is 5.73 Å². The molecule has 0 aliphatic carbocycles. The first kappa shape index (κ1) is 16.4. The molecular formula is C14H20F2N2O2. The fourth-order valence-corrected chi connectivity index (χ4v) is 1.84. The highest BCUT2D eigenvalue weighted by molar-refractivity contribution is 5.92. The topological polar surface area (TPSA) is 64.4 Å². The summed E-state index contributed by atoms with van der Waals surface area (Å²) in [7, 11) is 0. The average Bonchev–Trinajstić information content (AvgIpc) is 2.37. The van der Waals surface area contributed by atoms with Gasteiger partial charge >= 0.3 is 6.61 Å². The van der Waals surface area contributed by atoms with Gasteiger partial charge in [0.25, 0.3) is 0 Å². The summed E-state index contributed by atoms with van der Waals surface area (Å²) < 4.78 is 28.2. The third kappa shape index (κ3) is 5.52. The number of ether oxygens (including phenoxy) is 1. The van der Waals surface area contributed by atoms with Crippen LogP contribution in [0.4, 0.5) is 14.5 Å². The quantitative estimate of drug-likeness (QED) is 0.810. The molecule has 0 heterocycles. The van der Waals surface area contributed by atoms with Crippen molar-refractivity contribution in [3.63, 3.8) is 0 Å². The summed E-state index contributed by atoms with van der Waals surface area (Å²) in [6.45, 7) is 1.46. The van der Waals surface area contributed by atoms with E-state index in [1.54, 1.807) is 0 Å². The van der Waals surface area contributed by atoms with Crippen LogP contribution in [-0.2, 0) is 4.79 Å². The van der Waals surface area contributed by atoms with Crippen molar-refractivity contribution in [3.8, 4) is 5.75 Å². The van der Waals surface area contributed by atoms with Crippen LogP contribution in [0.3, 0.4) is 0 Å². The molecule has 0 saturated heterocycles. The fourth-order valence-electron chi connectivity index (χ4n) is 1.84. The molecule has 3 N–H and O–H groups in total. The maximum Gasteiger partial charge on any atom is 0.387 e. The molecule has 0 bridgehead atoms. The molecule has 1 rings (SSSR count). The zero-order chi connectivity index (χ0) is 15.1. The van der Waals surface area contributed by atoms with E-state index in [2.05, 4.69) is 10.1 Å². The van der Waals surface area contributed by atoms with Gasteiger partial charge < -0.3 is 15.8 Å². The molecule has 4 nitrogen and oxygen atoms in total. The number of hydrogen-bond donors (Lipinski definition) is 2. The van der Waals surface area contributed by atoms with Crippen molar-refractivity contribution in [2.45, 2.75) is 26.9 Å². The van der Waals surface area contributed by atoms with Crippen LogP contribution >= 0.6 is 0 Å². The van der Waals surface area contributed by atoms with E-state index in [0.717, 1.165) is 0 Å². The van der Waals surface area contributed by atoms with Crippen molar-refractivity contribution < 1.29 is 18.3 Å². The first-order valence-corrected chi connectivity index (χ1v) is 6.48. The molecule has 0 aliphatic rings. The molecule has 112 valence electrons. The van der Waals surface area contributed by atoms with Crippen LogP contribution in [0.25, 0.3) is 0 Å². The lowest BCUT2D eigenvalue weighted by Crippen LogP contribution is -2.30. The summed E-state index contributed by atoms with van der Waals surface area (Å²) in [6, 6.07) is 5.78. The molecule has 0 aromatic heterocycles. The molecule has 0 spiro atoms. The number of alkyl halides is 2. The fraction of sp³-hybridized carbons (Fsp3) is 0.500. The molecule has 6 heteroatoms. The lowest BCUT2D eigenvalue weighted by molar-refractivity contribution is -0.120. The van der Waals surface area contributed by atoms with Gasteiger partial charge in [0.2, 0.25) is 5.91 Å². The molecule has 1 aromatic carbocycles. The minimum absolute atomic E-state index is 0.0514. The highest BCUT2D eigenvalue weighted by Gasteiger charge is 2.18. The maximum absolute atomic E-state index is 12.0. The van der Waals surface area contributed by atoms with Crippen molar-refractivity contribution in [2.75, 3.05) is 11.9 Å². The van der Waals surface area contributed by atoms with Gasteiger partial charge in [0.05, 0.1) is 5.92 Å². The standard InChI is InChI=1S/C14H20F2N2O2/c1-9(2)7-10(8-17)13(19)18-11-3-5-12(6-4-11)20-14(15)16/h3-6,9-10,14H,7-8,17H2,1-2H3,(H,18,19). The SMILES string of the molecule is CC(C)CC(CN)C(=O)Nc1ccc(OC(F)F)cc1. The van der Waals surface area contributed by atoms with Gasteiger partial charge in [-0.3, -0.25) is 4.79 Å². The Morgan fingerprint density at radius 3 is 2.35 bits per heavy atom. The molecule has 0 saturated carbocycles. The molecule has 1 amide bonds. The van der Waals surface area contributed by atoms with Crippen molar-refractivity contribution >= 4 is 11.6 Å².